The topological polar surface area (TPSA) is 46.3 Å². The van der Waals surface area contributed by atoms with E-state index in [1.165, 1.54) is 31.2 Å². The maximum atomic E-state index is 12.5. The van der Waals surface area contributed by atoms with Gasteiger partial charge in [-0.2, -0.15) is 0 Å². The van der Waals surface area contributed by atoms with Crippen molar-refractivity contribution in [2.45, 2.75) is 51.5 Å². The first-order chi connectivity index (χ1) is 10.3. The molecule has 0 spiro atoms. The molecule has 3 nitrogen and oxygen atoms in total. The largest absolute Gasteiger partial charge is 0.338 e. The molecule has 0 saturated heterocycles. The van der Waals surface area contributed by atoms with Crippen LogP contribution in [-0.4, -0.2) is 23.9 Å². The molecule has 0 heterocycles. The molecule has 21 heavy (non-hydrogen) atoms. The van der Waals surface area contributed by atoms with Crippen LogP contribution in [-0.2, 0) is 11.3 Å². The van der Waals surface area contributed by atoms with Crippen molar-refractivity contribution in [1.82, 2.24) is 4.90 Å². The molecule has 0 aromatic heterocycles. The van der Waals surface area contributed by atoms with Gasteiger partial charge in [0.15, 0.2) is 0 Å². The van der Waals surface area contributed by atoms with Crippen LogP contribution < -0.4 is 5.73 Å². The summed E-state index contributed by atoms with van der Waals surface area (Å²) in [7, 11) is 0. The molecule has 1 fully saturated rings. The highest BCUT2D eigenvalue weighted by Crippen LogP contribution is 2.28. The van der Waals surface area contributed by atoms with Gasteiger partial charge in [0.05, 0.1) is 0 Å². The second kappa shape index (κ2) is 8.83. The third-order valence-electron chi connectivity index (χ3n) is 4.44. The van der Waals surface area contributed by atoms with E-state index in [9.17, 15) is 4.79 Å². The van der Waals surface area contributed by atoms with Gasteiger partial charge in [0.25, 0.3) is 0 Å². The van der Waals surface area contributed by atoms with Gasteiger partial charge in [-0.25, -0.2) is 0 Å². The standard InChI is InChI=1S/C18H28N2O/c19-13-6-14-20(15-17-9-2-1-3-10-17)18(21)12-11-16-7-4-5-8-16/h1-3,9-10,16H,4-8,11-15,19H2. The Kier molecular flexibility index (Phi) is 6.74. The van der Waals surface area contributed by atoms with Crippen molar-refractivity contribution in [3.8, 4) is 0 Å². The number of hydrogen-bond acceptors (Lipinski definition) is 2. The summed E-state index contributed by atoms with van der Waals surface area (Å²) >= 11 is 0. The Labute approximate surface area is 128 Å². The summed E-state index contributed by atoms with van der Waals surface area (Å²) in [5, 5.41) is 0. The molecule has 2 rings (SSSR count). The summed E-state index contributed by atoms with van der Waals surface area (Å²) in [6.07, 6.45) is 7.96. The quantitative estimate of drug-likeness (QED) is 0.797. The number of hydrogen-bond donors (Lipinski definition) is 1. The number of nitrogens with two attached hydrogens (primary N) is 1. The number of amides is 1. The monoisotopic (exact) mass is 288 g/mol. The van der Waals surface area contributed by atoms with E-state index < -0.39 is 0 Å². The Hall–Kier alpha value is -1.35. The number of nitrogens with zero attached hydrogens (tertiary/aromatic N) is 1. The lowest BCUT2D eigenvalue weighted by atomic mass is 10.0. The lowest BCUT2D eigenvalue weighted by Crippen LogP contribution is -2.32. The van der Waals surface area contributed by atoms with Crippen LogP contribution >= 0.6 is 0 Å². The van der Waals surface area contributed by atoms with Gasteiger partial charge >= 0.3 is 0 Å². The van der Waals surface area contributed by atoms with E-state index in [0.29, 0.717) is 25.4 Å². The van der Waals surface area contributed by atoms with Crippen molar-refractivity contribution in [2.75, 3.05) is 13.1 Å². The normalized spacial score (nSPS) is 15.3. The summed E-state index contributed by atoms with van der Waals surface area (Å²) in [6.45, 7) is 2.13. The fraction of sp³-hybridized carbons (Fsp3) is 0.611. The Morgan fingerprint density at radius 1 is 1.19 bits per heavy atom. The molecule has 3 heteroatoms. The molecule has 0 unspecified atom stereocenters. The molecule has 2 N–H and O–H groups in total. The second-order valence-corrected chi connectivity index (χ2v) is 6.13. The maximum absolute atomic E-state index is 12.5. The first-order valence-electron chi connectivity index (χ1n) is 8.31. The average Bonchev–Trinajstić information content (AvgIpc) is 3.03. The first-order valence-corrected chi connectivity index (χ1v) is 8.31. The lowest BCUT2D eigenvalue weighted by Gasteiger charge is -2.23. The Balaban J connectivity index is 1.86. The fourth-order valence-corrected chi connectivity index (χ4v) is 3.16. The number of benzene rings is 1. The van der Waals surface area contributed by atoms with Crippen LogP contribution in [0.1, 0.15) is 50.5 Å². The minimum Gasteiger partial charge on any atom is -0.338 e. The lowest BCUT2D eigenvalue weighted by molar-refractivity contribution is -0.132. The zero-order valence-corrected chi connectivity index (χ0v) is 13.0. The van der Waals surface area contributed by atoms with Gasteiger partial charge in [-0.3, -0.25) is 4.79 Å². The van der Waals surface area contributed by atoms with Crippen molar-refractivity contribution in [1.29, 1.82) is 0 Å². The van der Waals surface area contributed by atoms with Crippen molar-refractivity contribution in [3.05, 3.63) is 35.9 Å². The van der Waals surface area contributed by atoms with Crippen molar-refractivity contribution < 1.29 is 4.79 Å². The first kappa shape index (κ1) is 16.0. The van der Waals surface area contributed by atoms with Gasteiger partial charge in [0, 0.05) is 19.5 Å². The number of carbonyl (C=O) groups is 1. The van der Waals surface area contributed by atoms with Gasteiger partial charge in [-0.15, -0.1) is 0 Å². The van der Waals surface area contributed by atoms with E-state index in [4.69, 9.17) is 5.73 Å². The minimum absolute atomic E-state index is 0.291. The van der Waals surface area contributed by atoms with Crippen LogP contribution in [0.2, 0.25) is 0 Å². The predicted molar refractivity (Wildman–Crippen MR) is 86.7 cm³/mol. The van der Waals surface area contributed by atoms with E-state index in [2.05, 4.69) is 12.1 Å². The third-order valence-corrected chi connectivity index (χ3v) is 4.44. The van der Waals surface area contributed by atoms with Crippen molar-refractivity contribution in [3.63, 3.8) is 0 Å². The minimum atomic E-state index is 0.291. The van der Waals surface area contributed by atoms with Gasteiger partial charge in [-0.1, -0.05) is 56.0 Å². The summed E-state index contributed by atoms with van der Waals surface area (Å²) in [6, 6.07) is 10.2. The molecule has 0 atom stereocenters. The Bertz CT molecular complexity index is 412. The smallest absolute Gasteiger partial charge is 0.222 e. The molecule has 116 valence electrons. The van der Waals surface area contributed by atoms with E-state index in [0.717, 1.165) is 25.3 Å². The SMILES string of the molecule is NCCCN(Cc1ccccc1)C(=O)CCC1CCCC1. The molecule has 0 aliphatic heterocycles. The molecule has 1 aromatic rings. The van der Waals surface area contributed by atoms with E-state index in [1.54, 1.807) is 0 Å². The average molecular weight is 288 g/mol. The highest BCUT2D eigenvalue weighted by molar-refractivity contribution is 5.76. The van der Waals surface area contributed by atoms with Gasteiger partial charge in [-0.05, 0) is 30.9 Å². The van der Waals surface area contributed by atoms with Crippen LogP contribution in [0.3, 0.4) is 0 Å². The summed E-state index contributed by atoms with van der Waals surface area (Å²) in [4.78, 5) is 14.5. The van der Waals surface area contributed by atoms with E-state index in [1.807, 2.05) is 23.1 Å². The highest BCUT2D eigenvalue weighted by Gasteiger charge is 2.19. The highest BCUT2D eigenvalue weighted by atomic mass is 16.2. The predicted octanol–water partition coefficient (Wildman–Crippen LogP) is 3.33. The molecule has 1 saturated carbocycles. The Morgan fingerprint density at radius 2 is 1.90 bits per heavy atom. The van der Waals surface area contributed by atoms with Crippen LogP contribution in [0.25, 0.3) is 0 Å². The molecule has 1 aliphatic rings. The molecule has 0 bridgehead atoms. The Morgan fingerprint density at radius 3 is 2.57 bits per heavy atom. The van der Waals surface area contributed by atoms with Crippen LogP contribution in [0.4, 0.5) is 0 Å². The fourth-order valence-electron chi connectivity index (χ4n) is 3.16. The zero-order chi connectivity index (χ0) is 14.9. The van der Waals surface area contributed by atoms with Crippen molar-refractivity contribution in [2.24, 2.45) is 11.7 Å². The third kappa shape index (κ3) is 5.50. The second-order valence-electron chi connectivity index (χ2n) is 6.13. The number of carbonyl (C=O) groups excluding carboxylic acids is 1. The molecule has 0 radical (unpaired) electrons. The summed E-state index contributed by atoms with van der Waals surface area (Å²) < 4.78 is 0. The maximum Gasteiger partial charge on any atom is 0.222 e. The van der Waals surface area contributed by atoms with Crippen molar-refractivity contribution >= 4 is 5.91 Å². The summed E-state index contributed by atoms with van der Waals surface area (Å²) in [5.41, 5.74) is 6.80. The molecule has 1 aromatic carbocycles. The van der Waals surface area contributed by atoms with Gasteiger partial charge in [0.2, 0.25) is 5.91 Å². The zero-order valence-electron chi connectivity index (χ0n) is 13.0. The molecular weight excluding hydrogens is 260 g/mol. The van der Waals surface area contributed by atoms with Crippen LogP contribution in [0.15, 0.2) is 30.3 Å². The van der Waals surface area contributed by atoms with E-state index in [-0.39, 0.29) is 0 Å². The summed E-state index contributed by atoms with van der Waals surface area (Å²) in [5.74, 6) is 1.07. The molecule has 1 amide bonds. The van der Waals surface area contributed by atoms with Crippen LogP contribution in [0, 0.1) is 5.92 Å². The van der Waals surface area contributed by atoms with Gasteiger partial charge in [0.1, 0.15) is 0 Å². The van der Waals surface area contributed by atoms with Gasteiger partial charge < -0.3 is 10.6 Å². The van der Waals surface area contributed by atoms with Crippen LogP contribution in [0.5, 0.6) is 0 Å². The molecular formula is C18H28N2O. The molecule has 1 aliphatic carbocycles. The number of rotatable bonds is 8. The van der Waals surface area contributed by atoms with E-state index >= 15 is 0 Å².